The molecule has 0 radical (unpaired) electrons. The van der Waals surface area contributed by atoms with Gasteiger partial charge in [0.05, 0.1) is 17.7 Å². The predicted molar refractivity (Wildman–Crippen MR) is 147 cm³/mol. The molecule has 1 aromatic carbocycles. The maximum atomic E-state index is 13.5. The molecule has 3 aromatic rings. The lowest BCUT2D eigenvalue weighted by Crippen LogP contribution is -2.62. The lowest BCUT2D eigenvalue weighted by atomic mass is 9.72. The smallest absolute Gasteiger partial charge is 0.410 e. The molecule has 2 aliphatic heterocycles. The lowest BCUT2D eigenvalue weighted by Gasteiger charge is -2.53. The highest BCUT2D eigenvalue weighted by molar-refractivity contribution is 6.30. The van der Waals surface area contributed by atoms with Crippen molar-refractivity contribution in [3.63, 3.8) is 0 Å². The number of hydrogen-bond acceptors (Lipinski definition) is 5. The molecule has 40 heavy (non-hydrogen) atoms. The number of pyridine rings is 1. The summed E-state index contributed by atoms with van der Waals surface area (Å²) in [6, 6.07) is 10.0. The van der Waals surface area contributed by atoms with Gasteiger partial charge in [0.25, 0.3) is 6.43 Å². The van der Waals surface area contributed by atoms with Crippen LogP contribution in [0.2, 0.25) is 5.02 Å². The number of carbonyl (C=O) groups is 2. The number of ether oxygens (including phenoxy) is 1. The Kier molecular flexibility index (Phi) is 7.56. The Hall–Kier alpha value is -3.53. The summed E-state index contributed by atoms with van der Waals surface area (Å²) < 4.78 is 34.1. The Morgan fingerprint density at radius 2 is 1.70 bits per heavy atom. The van der Waals surface area contributed by atoms with Crippen LogP contribution in [-0.4, -0.2) is 68.1 Å². The Labute approximate surface area is 236 Å². The van der Waals surface area contributed by atoms with Gasteiger partial charge in [0.15, 0.2) is 0 Å². The molecule has 8 nitrogen and oxygen atoms in total. The quantitative estimate of drug-likeness (QED) is 0.372. The van der Waals surface area contributed by atoms with E-state index < -0.39 is 12.0 Å². The van der Waals surface area contributed by atoms with Gasteiger partial charge in [-0.15, -0.1) is 0 Å². The molecule has 0 aliphatic carbocycles. The second-order valence-corrected chi connectivity index (χ2v) is 12.0. The molecule has 2 saturated heterocycles. The minimum absolute atomic E-state index is 0.0122. The maximum Gasteiger partial charge on any atom is 0.410 e. The van der Waals surface area contributed by atoms with E-state index in [0.717, 1.165) is 18.4 Å². The van der Waals surface area contributed by atoms with Gasteiger partial charge in [-0.1, -0.05) is 23.7 Å². The SMILES string of the molecule is CC(C)(C)OC(=O)N1CC2(CCN(C(=O)Cn3cnc(-c4ccc(Cl)cc4)c3-c3ccnc(C(F)F)c3)CC2)C1. The second-order valence-electron chi connectivity index (χ2n) is 11.6. The summed E-state index contributed by atoms with van der Waals surface area (Å²) in [5.74, 6) is -0.0809. The first kappa shape index (κ1) is 28.0. The van der Waals surface area contributed by atoms with Crippen LogP contribution in [0.4, 0.5) is 13.6 Å². The van der Waals surface area contributed by atoms with Gasteiger partial charge >= 0.3 is 6.09 Å². The van der Waals surface area contributed by atoms with Crippen LogP contribution in [0, 0.1) is 5.41 Å². The number of carbonyl (C=O) groups excluding carboxylic acids is 2. The van der Waals surface area contributed by atoms with E-state index in [1.807, 2.05) is 25.7 Å². The number of amides is 2. The average Bonchev–Trinajstić information content (AvgIpc) is 3.30. The normalized spacial score (nSPS) is 16.8. The number of nitrogens with zero attached hydrogens (tertiary/aromatic N) is 5. The van der Waals surface area contributed by atoms with Crippen LogP contribution in [0.1, 0.15) is 45.7 Å². The van der Waals surface area contributed by atoms with Crippen molar-refractivity contribution in [2.75, 3.05) is 26.2 Å². The van der Waals surface area contributed by atoms with Gasteiger partial charge in [-0.2, -0.15) is 0 Å². The summed E-state index contributed by atoms with van der Waals surface area (Å²) in [5.41, 5.74) is 1.49. The number of imidazole rings is 1. The van der Waals surface area contributed by atoms with E-state index in [1.54, 1.807) is 46.1 Å². The topological polar surface area (TPSA) is 80.6 Å². The second kappa shape index (κ2) is 10.8. The highest BCUT2D eigenvalue weighted by Gasteiger charge is 2.48. The predicted octanol–water partition coefficient (Wildman–Crippen LogP) is 6.06. The molecular formula is C29H32ClF2N5O3. The summed E-state index contributed by atoms with van der Waals surface area (Å²) in [6.45, 7) is 7.99. The number of alkyl halides is 2. The van der Waals surface area contributed by atoms with Crippen molar-refractivity contribution < 1.29 is 23.1 Å². The summed E-state index contributed by atoms with van der Waals surface area (Å²) in [7, 11) is 0. The van der Waals surface area contributed by atoms with Gasteiger partial charge in [-0.05, 0) is 57.9 Å². The number of hydrogen-bond donors (Lipinski definition) is 0. The summed E-state index contributed by atoms with van der Waals surface area (Å²) in [5, 5.41) is 0.562. The zero-order valence-corrected chi connectivity index (χ0v) is 23.5. The van der Waals surface area contributed by atoms with Crippen molar-refractivity contribution >= 4 is 23.6 Å². The Bertz CT molecular complexity index is 1390. The number of halogens is 3. The highest BCUT2D eigenvalue weighted by atomic mass is 35.5. The van der Waals surface area contributed by atoms with Crippen LogP contribution in [0.3, 0.4) is 0 Å². The molecule has 2 aromatic heterocycles. The molecule has 212 valence electrons. The standard InChI is InChI=1S/C29H32ClF2N5O3/c1-28(2,3)40-27(39)37-16-29(17-37)9-12-35(13-10-29)23(38)15-36-18-34-24(19-4-6-21(30)7-5-19)25(36)20-8-11-33-22(14-20)26(31)32/h4-8,11,14,18,26H,9-10,12-13,15-17H2,1-3H3. The Morgan fingerprint density at radius 1 is 1.02 bits per heavy atom. The Balaban J connectivity index is 1.30. The number of rotatable bonds is 5. The highest BCUT2D eigenvalue weighted by Crippen LogP contribution is 2.41. The largest absolute Gasteiger partial charge is 0.444 e. The summed E-state index contributed by atoms with van der Waals surface area (Å²) >= 11 is 6.06. The molecule has 0 unspecified atom stereocenters. The fourth-order valence-electron chi connectivity index (χ4n) is 5.35. The van der Waals surface area contributed by atoms with Crippen molar-refractivity contribution in [2.45, 2.75) is 52.2 Å². The van der Waals surface area contributed by atoms with Gasteiger partial charge in [0.2, 0.25) is 5.91 Å². The number of aromatic nitrogens is 3. The zero-order chi connectivity index (χ0) is 28.7. The first-order valence-electron chi connectivity index (χ1n) is 13.2. The van der Waals surface area contributed by atoms with Crippen LogP contribution >= 0.6 is 11.6 Å². The van der Waals surface area contributed by atoms with Gasteiger partial charge < -0.3 is 19.1 Å². The number of piperidine rings is 1. The van der Waals surface area contributed by atoms with Crippen molar-refractivity contribution in [1.82, 2.24) is 24.3 Å². The molecule has 0 N–H and O–H groups in total. The van der Waals surface area contributed by atoms with Gasteiger partial charge in [-0.3, -0.25) is 9.78 Å². The first-order chi connectivity index (χ1) is 18.9. The van der Waals surface area contributed by atoms with Crippen LogP contribution in [-0.2, 0) is 16.1 Å². The molecule has 0 atom stereocenters. The third-order valence-electron chi connectivity index (χ3n) is 7.42. The summed E-state index contributed by atoms with van der Waals surface area (Å²) in [4.78, 5) is 37.6. The van der Waals surface area contributed by atoms with Crippen molar-refractivity contribution in [3.05, 3.63) is 59.6 Å². The van der Waals surface area contributed by atoms with Crippen LogP contribution in [0.5, 0.6) is 0 Å². The molecule has 2 amide bonds. The monoisotopic (exact) mass is 571 g/mol. The van der Waals surface area contributed by atoms with Crippen LogP contribution in [0.25, 0.3) is 22.5 Å². The van der Waals surface area contributed by atoms with E-state index in [4.69, 9.17) is 16.3 Å². The molecule has 1 spiro atoms. The van der Waals surface area contributed by atoms with E-state index in [1.165, 1.54) is 12.3 Å². The van der Waals surface area contributed by atoms with E-state index in [0.29, 0.717) is 48.2 Å². The fraction of sp³-hybridized carbons (Fsp3) is 0.448. The minimum Gasteiger partial charge on any atom is -0.444 e. The number of likely N-dealkylation sites (tertiary alicyclic amines) is 2. The first-order valence-corrected chi connectivity index (χ1v) is 13.6. The molecule has 5 rings (SSSR count). The molecule has 11 heteroatoms. The van der Waals surface area contributed by atoms with E-state index in [9.17, 15) is 18.4 Å². The summed E-state index contributed by atoms with van der Waals surface area (Å²) in [6.07, 6.45) is 1.47. The molecule has 4 heterocycles. The maximum absolute atomic E-state index is 13.5. The Morgan fingerprint density at radius 3 is 2.33 bits per heavy atom. The molecular weight excluding hydrogens is 540 g/mol. The molecule has 2 fully saturated rings. The van der Waals surface area contributed by atoms with Crippen molar-refractivity contribution in [1.29, 1.82) is 0 Å². The van der Waals surface area contributed by atoms with Crippen molar-refractivity contribution in [3.8, 4) is 22.5 Å². The average molecular weight is 572 g/mol. The van der Waals surface area contributed by atoms with Gasteiger partial charge in [-0.25, -0.2) is 18.6 Å². The van der Waals surface area contributed by atoms with E-state index >= 15 is 0 Å². The third-order valence-corrected chi connectivity index (χ3v) is 7.67. The molecule has 0 saturated carbocycles. The zero-order valence-electron chi connectivity index (χ0n) is 22.7. The van der Waals surface area contributed by atoms with Crippen molar-refractivity contribution in [2.24, 2.45) is 5.41 Å². The minimum atomic E-state index is -2.73. The van der Waals surface area contributed by atoms with Gasteiger partial charge in [0.1, 0.15) is 17.8 Å². The molecule has 2 aliphatic rings. The third kappa shape index (κ3) is 5.96. The van der Waals surface area contributed by atoms with Crippen LogP contribution in [0.15, 0.2) is 48.9 Å². The molecule has 0 bridgehead atoms. The van der Waals surface area contributed by atoms with Gasteiger partial charge in [0, 0.05) is 53.9 Å². The number of benzene rings is 1. The lowest BCUT2D eigenvalue weighted by molar-refractivity contribution is -0.136. The van der Waals surface area contributed by atoms with E-state index in [2.05, 4.69) is 9.97 Å². The van der Waals surface area contributed by atoms with Crippen LogP contribution < -0.4 is 0 Å². The fourth-order valence-corrected chi connectivity index (χ4v) is 5.48. The van der Waals surface area contributed by atoms with E-state index in [-0.39, 0.29) is 29.7 Å².